The van der Waals surface area contributed by atoms with Crippen LogP contribution in [0.4, 0.5) is 0 Å². The van der Waals surface area contributed by atoms with E-state index in [0.29, 0.717) is 5.19 Å². The van der Waals surface area contributed by atoms with Crippen LogP contribution in [0.2, 0.25) is 0 Å². The predicted molar refractivity (Wildman–Crippen MR) is 57.4 cm³/mol. The molecule has 4 heteroatoms. The van der Waals surface area contributed by atoms with Crippen molar-refractivity contribution in [2.75, 3.05) is 0 Å². The maximum atomic E-state index is 9.35. The molecule has 1 rings (SSSR count). The monoisotopic (exact) mass is 212 g/mol. The molecule has 0 aliphatic rings. The molecule has 0 radical (unpaired) electrons. The SMILES string of the molecule is Cc1cc(C)c(C)c([Si](O)(O)O)c1C. The fourth-order valence-corrected chi connectivity index (χ4v) is 3.12. The molecule has 0 unspecified atom stereocenters. The maximum absolute atomic E-state index is 9.35. The van der Waals surface area contributed by atoms with Crippen molar-refractivity contribution in [3.05, 3.63) is 28.3 Å². The van der Waals surface area contributed by atoms with Crippen molar-refractivity contribution in [2.45, 2.75) is 27.7 Å². The van der Waals surface area contributed by atoms with E-state index in [4.69, 9.17) is 0 Å². The third-order valence-electron chi connectivity index (χ3n) is 2.70. The molecule has 14 heavy (non-hydrogen) atoms. The highest BCUT2D eigenvalue weighted by molar-refractivity contribution is 6.72. The zero-order chi connectivity index (χ0) is 11.1. The van der Waals surface area contributed by atoms with E-state index in [0.717, 1.165) is 22.3 Å². The second-order valence-corrected chi connectivity index (χ2v) is 5.54. The van der Waals surface area contributed by atoms with Gasteiger partial charge in [-0.15, -0.1) is 0 Å². The topological polar surface area (TPSA) is 60.7 Å². The van der Waals surface area contributed by atoms with E-state index in [1.807, 2.05) is 19.9 Å². The van der Waals surface area contributed by atoms with Crippen LogP contribution < -0.4 is 5.19 Å². The van der Waals surface area contributed by atoms with Crippen LogP contribution >= 0.6 is 0 Å². The normalized spacial score (nSPS) is 11.9. The largest absolute Gasteiger partial charge is 0.529 e. The highest BCUT2D eigenvalue weighted by atomic mass is 28.4. The van der Waals surface area contributed by atoms with E-state index in [2.05, 4.69) is 0 Å². The first-order valence-corrected chi connectivity index (χ1v) is 6.34. The van der Waals surface area contributed by atoms with Gasteiger partial charge in [0, 0.05) is 5.19 Å². The molecule has 0 aliphatic carbocycles. The van der Waals surface area contributed by atoms with E-state index in [9.17, 15) is 14.4 Å². The smallest absolute Gasteiger partial charge is 0.386 e. The Morgan fingerprint density at radius 2 is 1.21 bits per heavy atom. The molecule has 0 aromatic heterocycles. The van der Waals surface area contributed by atoms with Crippen LogP contribution in [0.3, 0.4) is 0 Å². The molecule has 78 valence electrons. The Labute approximate surface area is 85.0 Å². The third-order valence-corrected chi connectivity index (χ3v) is 4.12. The van der Waals surface area contributed by atoms with Crippen molar-refractivity contribution < 1.29 is 14.4 Å². The van der Waals surface area contributed by atoms with Gasteiger partial charge in [0.15, 0.2) is 0 Å². The Balaban J connectivity index is 3.56. The first-order chi connectivity index (χ1) is 6.25. The van der Waals surface area contributed by atoms with Gasteiger partial charge >= 0.3 is 8.80 Å². The fraction of sp³-hybridized carbons (Fsp3) is 0.400. The average molecular weight is 212 g/mol. The molecular formula is C10H16O3Si. The summed E-state index contributed by atoms with van der Waals surface area (Å²) in [5.74, 6) is 0. The van der Waals surface area contributed by atoms with E-state index in [-0.39, 0.29) is 0 Å². The Kier molecular flexibility index (Phi) is 2.82. The average Bonchev–Trinajstić information content (AvgIpc) is 1.98. The molecule has 0 bridgehead atoms. The lowest BCUT2D eigenvalue weighted by molar-refractivity contribution is 0.249. The summed E-state index contributed by atoms with van der Waals surface area (Å²) in [5, 5.41) is 0.329. The van der Waals surface area contributed by atoms with Gasteiger partial charge in [0.2, 0.25) is 0 Å². The molecule has 0 saturated heterocycles. The zero-order valence-electron chi connectivity index (χ0n) is 8.92. The molecule has 0 spiro atoms. The predicted octanol–water partition coefficient (Wildman–Crippen LogP) is 0.0431. The first-order valence-electron chi connectivity index (χ1n) is 4.50. The van der Waals surface area contributed by atoms with Gasteiger partial charge in [0.1, 0.15) is 0 Å². The van der Waals surface area contributed by atoms with Crippen LogP contribution in [0.25, 0.3) is 0 Å². The summed E-state index contributed by atoms with van der Waals surface area (Å²) in [5.41, 5.74) is 3.48. The molecular weight excluding hydrogens is 196 g/mol. The number of hydrogen-bond donors (Lipinski definition) is 3. The summed E-state index contributed by atoms with van der Waals surface area (Å²) in [6.45, 7) is 7.37. The van der Waals surface area contributed by atoms with Crippen molar-refractivity contribution >= 4 is 14.0 Å². The lowest BCUT2D eigenvalue weighted by Crippen LogP contribution is -2.52. The quantitative estimate of drug-likeness (QED) is 0.576. The highest BCUT2D eigenvalue weighted by Crippen LogP contribution is 2.14. The van der Waals surface area contributed by atoms with Crippen molar-refractivity contribution in [1.29, 1.82) is 0 Å². The van der Waals surface area contributed by atoms with Gasteiger partial charge in [-0.25, -0.2) is 0 Å². The van der Waals surface area contributed by atoms with Gasteiger partial charge < -0.3 is 14.4 Å². The van der Waals surface area contributed by atoms with Gasteiger partial charge in [-0.05, 0) is 49.9 Å². The molecule has 0 amide bonds. The van der Waals surface area contributed by atoms with Gasteiger partial charge in [-0.2, -0.15) is 0 Å². The summed E-state index contributed by atoms with van der Waals surface area (Å²) < 4.78 is 0. The van der Waals surface area contributed by atoms with Crippen molar-refractivity contribution in [3.8, 4) is 0 Å². The number of hydrogen-bond acceptors (Lipinski definition) is 3. The fourth-order valence-electron chi connectivity index (χ4n) is 1.72. The summed E-state index contributed by atoms with van der Waals surface area (Å²) in [6.07, 6.45) is 0. The van der Waals surface area contributed by atoms with Gasteiger partial charge in [0.05, 0.1) is 0 Å². The lowest BCUT2D eigenvalue weighted by atomic mass is 10.0. The molecule has 0 aliphatic heterocycles. The summed E-state index contributed by atoms with van der Waals surface area (Å²) in [6, 6.07) is 1.98. The summed E-state index contributed by atoms with van der Waals surface area (Å²) in [7, 11) is -4.19. The molecule has 0 heterocycles. The van der Waals surface area contributed by atoms with Crippen LogP contribution in [0.15, 0.2) is 6.07 Å². The standard InChI is InChI=1S/C10H16O3Si/c1-6-5-7(2)9(4)10(8(6)3)14(11,12)13/h5,11-13H,1-4H3. The molecule has 0 fully saturated rings. The maximum Gasteiger partial charge on any atom is 0.529 e. The van der Waals surface area contributed by atoms with Gasteiger partial charge in [-0.3, -0.25) is 0 Å². The Morgan fingerprint density at radius 1 is 0.857 bits per heavy atom. The van der Waals surface area contributed by atoms with Crippen molar-refractivity contribution in [1.82, 2.24) is 0 Å². The van der Waals surface area contributed by atoms with E-state index < -0.39 is 8.80 Å². The van der Waals surface area contributed by atoms with E-state index >= 15 is 0 Å². The zero-order valence-corrected chi connectivity index (χ0v) is 9.92. The minimum absolute atomic E-state index is 0.329. The number of rotatable bonds is 1. The van der Waals surface area contributed by atoms with Crippen LogP contribution in [-0.4, -0.2) is 23.2 Å². The molecule has 0 saturated carbocycles. The summed E-state index contributed by atoms with van der Waals surface area (Å²) in [4.78, 5) is 28.0. The molecule has 3 nitrogen and oxygen atoms in total. The second kappa shape index (κ2) is 3.47. The molecule has 3 N–H and O–H groups in total. The van der Waals surface area contributed by atoms with Crippen molar-refractivity contribution in [3.63, 3.8) is 0 Å². The number of aryl methyl sites for hydroxylation is 2. The molecule has 1 aromatic rings. The van der Waals surface area contributed by atoms with Gasteiger partial charge in [0.25, 0.3) is 0 Å². The van der Waals surface area contributed by atoms with Gasteiger partial charge in [-0.1, -0.05) is 6.07 Å². The van der Waals surface area contributed by atoms with Crippen LogP contribution in [0, 0.1) is 27.7 Å². The second-order valence-electron chi connectivity index (χ2n) is 3.77. The Morgan fingerprint density at radius 3 is 1.50 bits per heavy atom. The molecule has 1 aromatic carbocycles. The van der Waals surface area contributed by atoms with E-state index in [1.165, 1.54) is 0 Å². The third kappa shape index (κ3) is 1.88. The van der Waals surface area contributed by atoms with Crippen LogP contribution in [0.5, 0.6) is 0 Å². The Bertz CT molecular complexity index is 340. The Hall–Kier alpha value is -0.683. The van der Waals surface area contributed by atoms with Crippen LogP contribution in [-0.2, 0) is 0 Å². The lowest BCUT2D eigenvalue weighted by Gasteiger charge is -2.19. The minimum Gasteiger partial charge on any atom is -0.386 e. The van der Waals surface area contributed by atoms with E-state index in [1.54, 1.807) is 13.8 Å². The number of benzene rings is 1. The summed E-state index contributed by atoms with van der Waals surface area (Å²) >= 11 is 0. The molecule has 0 atom stereocenters. The highest BCUT2D eigenvalue weighted by Gasteiger charge is 2.34. The van der Waals surface area contributed by atoms with Crippen molar-refractivity contribution in [2.24, 2.45) is 0 Å². The first kappa shape index (κ1) is 11.4. The van der Waals surface area contributed by atoms with Crippen LogP contribution in [0.1, 0.15) is 22.3 Å². The minimum atomic E-state index is -4.19.